The molecular formula is C18H15ClN2O3S. The molecule has 0 radical (unpaired) electrons. The van der Waals surface area contributed by atoms with Crippen molar-refractivity contribution in [3.63, 3.8) is 0 Å². The van der Waals surface area contributed by atoms with Gasteiger partial charge in [-0.25, -0.2) is 0 Å². The van der Waals surface area contributed by atoms with Gasteiger partial charge in [0.05, 0.1) is 16.3 Å². The zero-order valence-corrected chi connectivity index (χ0v) is 15.0. The van der Waals surface area contributed by atoms with Crippen molar-refractivity contribution < 1.29 is 13.9 Å². The Morgan fingerprint density at radius 2 is 1.92 bits per heavy atom. The van der Waals surface area contributed by atoms with Crippen molar-refractivity contribution in [3.8, 4) is 11.5 Å². The van der Waals surface area contributed by atoms with Crippen molar-refractivity contribution in [1.82, 2.24) is 10.2 Å². The van der Waals surface area contributed by atoms with E-state index in [1.165, 1.54) is 11.8 Å². The number of aryl methyl sites for hydroxylation is 1. The lowest BCUT2D eigenvalue weighted by Gasteiger charge is -2.05. The first-order chi connectivity index (χ1) is 12.1. The van der Waals surface area contributed by atoms with Gasteiger partial charge in [0.25, 0.3) is 5.89 Å². The zero-order valence-electron chi connectivity index (χ0n) is 13.4. The second-order valence-electron chi connectivity index (χ2n) is 5.20. The fourth-order valence-corrected chi connectivity index (χ4v) is 3.14. The lowest BCUT2D eigenvalue weighted by atomic mass is 10.2. The molecule has 3 aromatic rings. The number of esters is 1. The van der Waals surface area contributed by atoms with Gasteiger partial charge in [0.15, 0.2) is 6.61 Å². The molecule has 0 unspecified atom stereocenters. The molecule has 25 heavy (non-hydrogen) atoms. The number of carbonyl (C=O) groups excluding carboxylic acids is 1. The summed E-state index contributed by atoms with van der Waals surface area (Å²) in [6, 6.07) is 15.0. The molecule has 2 aromatic carbocycles. The number of hydrogen-bond donors (Lipinski definition) is 0. The van der Waals surface area contributed by atoms with Crippen molar-refractivity contribution in [2.45, 2.75) is 18.4 Å². The second kappa shape index (κ2) is 8.18. The van der Waals surface area contributed by atoms with Crippen molar-refractivity contribution in [2.75, 3.05) is 5.75 Å². The van der Waals surface area contributed by atoms with Crippen LogP contribution in [0.3, 0.4) is 0 Å². The van der Waals surface area contributed by atoms with Crippen molar-refractivity contribution in [1.29, 1.82) is 0 Å². The zero-order chi connectivity index (χ0) is 17.6. The normalized spacial score (nSPS) is 10.6. The molecule has 5 nitrogen and oxygen atoms in total. The molecule has 0 saturated heterocycles. The fraction of sp³-hybridized carbons (Fsp3) is 0.167. The van der Waals surface area contributed by atoms with E-state index in [0.29, 0.717) is 16.5 Å². The number of thioether (sulfide) groups is 1. The highest BCUT2D eigenvalue weighted by Gasteiger charge is 2.13. The molecule has 1 heterocycles. The summed E-state index contributed by atoms with van der Waals surface area (Å²) in [4.78, 5) is 12.9. The predicted octanol–water partition coefficient (Wildman–Crippen LogP) is 4.53. The first-order valence-corrected chi connectivity index (χ1v) is 8.91. The highest BCUT2D eigenvalue weighted by atomic mass is 35.5. The van der Waals surface area contributed by atoms with Gasteiger partial charge in [0.1, 0.15) is 0 Å². The van der Waals surface area contributed by atoms with Crippen LogP contribution in [-0.2, 0) is 16.1 Å². The predicted molar refractivity (Wildman–Crippen MR) is 96.4 cm³/mol. The Kier molecular flexibility index (Phi) is 5.73. The molecule has 7 heteroatoms. The lowest BCUT2D eigenvalue weighted by molar-refractivity contribution is -0.142. The Balaban J connectivity index is 1.53. The second-order valence-corrected chi connectivity index (χ2v) is 6.62. The Bertz CT molecular complexity index is 882. The van der Waals surface area contributed by atoms with E-state index >= 15 is 0 Å². The van der Waals surface area contributed by atoms with E-state index < -0.39 is 0 Å². The van der Waals surface area contributed by atoms with Crippen LogP contribution in [0, 0.1) is 6.92 Å². The first-order valence-electron chi connectivity index (χ1n) is 7.55. The van der Waals surface area contributed by atoms with E-state index in [1.54, 1.807) is 12.1 Å². The van der Waals surface area contributed by atoms with Gasteiger partial charge in [-0.1, -0.05) is 41.9 Å². The van der Waals surface area contributed by atoms with Gasteiger partial charge in [-0.3, -0.25) is 4.79 Å². The molecule has 0 aliphatic carbocycles. The van der Waals surface area contributed by atoms with E-state index in [-0.39, 0.29) is 24.2 Å². The summed E-state index contributed by atoms with van der Waals surface area (Å²) >= 11 is 7.53. The average molecular weight is 375 g/mol. The number of ether oxygens (including phenoxy) is 1. The summed E-state index contributed by atoms with van der Waals surface area (Å²) < 4.78 is 10.7. The van der Waals surface area contributed by atoms with Crippen LogP contribution in [0.4, 0.5) is 0 Å². The molecule has 3 rings (SSSR count). The van der Waals surface area contributed by atoms with Gasteiger partial charge < -0.3 is 9.15 Å². The van der Waals surface area contributed by atoms with Gasteiger partial charge in [-0.2, -0.15) is 0 Å². The van der Waals surface area contributed by atoms with Crippen molar-refractivity contribution >= 4 is 29.3 Å². The largest absolute Gasteiger partial charge is 0.455 e. The van der Waals surface area contributed by atoms with Gasteiger partial charge in [0.2, 0.25) is 5.89 Å². The molecule has 0 atom stereocenters. The number of aromatic nitrogens is 2. The third-order valence-corrected chi connectivity index (χ3v) is 4.85. The highest BCUT2D eigenvalue weighted by molar-refractivity contribution is 8.00. The smallest absolute Gasteiger partial charge is 0.316 e. The van der Waals surface area contributed by atoms with Crippen LogP contribution in [0.1, 0.15) is 11.5 Å². The summed E-state index contributed by atoms with van der Waals surface area (Å²) in [5.41, 5.74) is 1.77. The molecule has 1 aromatic heterocycles. The van der Waals surface area contributed by atoms with E-state index in [9.17, 15) is 4.79 Å². The summed E-state index contributed by atoms with van der Waals surface area (Å²) in [5.74, 6) is 0.400. The maximum Gasteiger partial charge on any atom is 0.316 e. The van der Waals surface area contributed by atoms with E-state index in [0.717, 1.165) is 10.5 Å². The maximum absolute atomic E-state index is 11.9. The molecule has 0 saturated carbocycles. The number of halogens is 1. The van der Waals surface area contributed by atoms with E-state index in [1.807, 2.05) is 43.3 Å². The summed E-state index contributed by atoms with van der Waals surface area (Å²) in [5, 5.41) is 8.33. The Morgan fingerprint density at radius 3 is 2.72 bits per heavy atom. The fourth-order valence-electron chi connectivity index (χ4n) is 2.09. The standard InChI is InChI=1S/C18H15ClN2O3S/c1-12-6-2-5-9-15(12)25-11-17(22)23-10-16-20-21-18(24-16)13-7-3-4-8-14(13)19/h2-9H,10-11H2,1H3. The summed E-state index contributed by atoms with van der Waals surface area (Å²) in [6.07, 6.45) is 0. The molecule has 0 spiro atoms. The van der Waals surface area contributed by atoms with Crippen LogP contribution < -0.4 is 0 Å². The molecule has 0 fully saturated rings. The summed E-state index contributed by atoms with van der Waals surface area (Å²) in [6.45, 7) is 1.94. The topological polar surface area (TPSA) is 65.2 Å². The van der Waals surface area contributed by atoms with Crippen LogP contribution in [-0.4, -0.2) is 21.9 Å². The monoisotopic (exact) mass is 374 g/mol. The molecule has 128 valence electrons. The van der Waals surface area contributed by atoms with Crippen molar-refractivity contribution in [2.24, 2.45) is 0 Å². The van der Waals surface area contributed by atoms with Crippen LogP contribution >= 0.6 is 23.4 Å². The number of rotatable bonds is 6. The Hall–Kier alpha value is -2.31. The Labute approximate surface area is 154 Å². The van der Waals surface area contributed by atoms with Gasteiger partial charge >= 0.3 is 5.97 Å². The van der Waals surface area contributed by atoms with E-state index in [2.05, 4.69) is 10.2 Å². The first kappa shape index (κ1) is 17.5. The van der Waals surface area contributed by atoms with Crippen LogP contribution in [0.15, 0.2) is 57.8 Å². The third kappa shape index (κ3) is 4.61. The number of carbonyl (C=O) groups is 1. The SMILES string of the molecule is Cc1ccccc1SCC(=O)OCc1nnc(-c2ccccc2Cl)o1. The Morgan fingerprint density at radius 1 is 1.16 bits per heavy atom. The van der Waals surface area contributed by atoms with Crippen LogP contribution in [0.5, 0.6) is 0 Å². The van der Waals surface area contributed by atoms with Gasteiger partial charge in [0, 0.05) is 4.90 Å². The average Bonchev–Trinajstić information content (AvgIpc) is 3.08. The van der Waals surface area contributed by atoms with Gasteiger partial charge in [-0.15, -0.1) is 22.0 Å². The molecule has 0 N–H and O–H groups in total. The molecule has 0 bridgehead atoms. The summed E-state index contributed by atoms with van der Waals surface area (Å²) in [7, 11) is 0. The molecule has 0 aliphatic heterocycles. The molecular weight excluding hydrogens is 360 g/mol. The van der Waals surface area contributed by atoms with E-state index in [4.69, 9.17) is 20.8 Å². The molecule has 0 aliphatic rings. The number of benzene rings is 2. The minimum absolute atomic E-state index is 0.0649. The number of nitrogens with zero attached hydrogens (tertiary/aromatic N) is 2. The van der Waals surface area contributed by atoms with Crippen LogP contribution in [0.2, 0.25) is 5.02 Å². The van der Waals surface area contributed by atoms with Crippen molar-refractivity contribution in [3.05, 3.63) is 65.0 Å². The maximum atomic E-state index is 11.9. The lowest BCUT2D eigenvalue weighted by Crippen LogP contribution is -2.07. The minimum atomic E-state index is -0.342. The number of hydrogen-bond acceptors (Lipinski definition) is 6. The third-order valence-electron chi connectivity index (χ3n) is 3.37. The van der Waals surface area contributed by atoms with Gasteiger partial charge in [-0.05, 0) is 30.7 Å². The highest BCUT2D eigenvalue weighted by Crippen LogP contribution is 2.26. The quantitative estimate of drug-likeness (QED) is 0.466. The molecule has 0 amide bonds. The van der Waals surface area contributed by atoms with Crippen LogP contribution in [0.25, 0.3) is 11.5 Å². The minimum Gasteiger partial charge on any atom is -0.455 e.